The summed E-state index contributed by atoms with van der Waals surface area (Å²) in [6, 6.07) is 26.0. The zero-order chi connectivity index (χ0) is 26.0. The van der Waals surface area contributed by atoms with E-state index in [9.17, 15) is 13.2 Å². The predicted octanol–water partition coefficient (Wildman–Crippen LogP) is 6.25. The Morgan fingerprint density at radius 2 is 1.59 bits per heavy atom. The van der Waals surface area contributed by atoms with Crippen LogP contribution in [0.4, 0.5) is 17.1 Å². The number of fused-ring (bicyclic) bond motifs is 2. The van der Waals surface area contributed by atoms with Crippen LogP contribution in [0.2, 0.25) is 5.02 Å². The predicted molar refractivity (Wildman–Crippen MR) is 149 cm³/mol. The highest BCUT2D eigenvalue weighted by Gasteiger charge is 2.18. The molecule has 5 rings (SSSR count). The van der Waals surface area contributed by atoms with Gasteiger partial charge in [-0.15, -0.1) is 0 Å². The van der Waals surface area contributed by atoms with E-state index in [1.54, 1.807) is 30.0 Å². The maximum atomic E-state index is 12.8. The molecule has 0 aliphatic carbocycles. The molecule has 4 aromatic carbocycles. The van der Waals surface area contributed by atoms with E-state index in [2.05, 4.69) is 33.5 Å². The Labute approximate surface area is 224 Å². The first-order chi connectivity index (χ1) is 17.8. The molecule has 0 saturated carbocycles. The van der Waals surface area contributed by atoms with Gasteiger partial charge in [0.15, 0.2) is 0 Å². The molecule has 7 nitrogen and oxygen atoms in total. The summed E-state index contributed by atoms with van der Waals surface area (Å²) in [4.78, 5) is 15.0. The lowest BCUT2D eigenvalue weighted by molar-refractivity contribution is 0.0942. The maximum absolute atomic E-state index is 12.8. The summed E-state index contributed by atoms with van der Waals surface area (Å²) in [5, 5.41) is 3.82. The summed E-state index contributed by atoms with van der Waals surface area (Å²) in [6.07, 6.45) is 0. The van der Waals surface area contributed by atoms with Gasteiger partial charge < -0.3 is 5.32 Å². The average Bonchev–Trinajstić information content (AvgIpc) is 2.90. The van der Waals surface area contributed by atoms with Crippen LogP contribution in [0.3, 0.4) is 0 Å². The molecule has 0 radical (unpaired) electrons. The van der Waals surface area contributed by atoms with Gasteiger partial charge in [0.05, 0.1) is 27.7 Å². The van der Waals surface area contributed by atoms with Gasteiger partial charge in [-0.05, 0) is 60.7 Å². The van der Waals surface area contributed by atoms with Gasteiger partial charge in [0.25, 0.3) is 15.9 Å². The number of para-hydroxylation sites is 1. The number of anilines is 3. The van der Waals surface area contributed by atoms with Crippen molar-refractivity contribution in [2.24, 2.45) is 0 Å². The van der Waals surface area contributed by atoms with Gasteiger partial charge in [0.2, 0.25) is 0 Å². The molecule has 0 fully saturated rings. The number of hydrogen-bond acceptors (Lipinski definition) is 6. The van der Waals surface area contributed by atoms with Crippen LogP contribution in [0.15, 0.2) is 112 Å². The Balaban J connectivity index is 1.25. The Morgan fingerprint density at radius 1 is 0.811 bits per heavy atom. The number of carbonyl (C=O) groups excluding carboxylic acids is 1. The molecule has 1 aliphatic rings. The van der Waals surface area contributed by atoms with E-state index in [1.165, 1.54) is 30.3 Å². The van der Waals surface area contributed by atoms with Crippen LogP contribution < -0.4 is 20.9 Å². The number of rotatable bonds is 7. The lowest BCUT2D eigenvalue weighted by Gasteiger charge is -2.22. The molecule has 4 N–H and O–H groups in total. The second-order valence-corrected chi connectivity index (χ2v) is 11.3. The molecule has 0 saturated heterocycles. The van der Waals surface area contributed by atoms with Crippen molar-refractivity contribution in [3.8, 4) is 0 Å². The molecular formula is C27H21ClN4O3S2. The van der Waals surface area contributed by atoms with E-state index in [-0.39, 0.29) is 10.5 Å². The Bertz CT molecular complexity index is 1640. The number of hydrazine groups is 1. The van der Waals surface area contributed by atoms with Crippen molar-refractivity contribution >= 4 is 62.1 Å². The van der Waals surface area contributed by atoms with E-state index in [0.29, 0.717) is 16.4 Å². The molecule has 37 heavy (non-hydrogen) atoms. The number of carbonyl (C=O) groups is 1. The average molecular weight is 549 g/mol. The van der Waals surface area contributed by atoms with Crippen molar-refractivity contribution in [2.45, 2.75) is 14.7 Å². The number of halogens is 1. The molecule has 0 unspecified atom stereocenters. The second-order valence-electron chi connectivity index (χ2n) is 8.14. The van der Waals surface area contributed by atoms with Gasteiger partial charge in [-0.1, -0.05) is 60.3 Å². The number of amides is 1. The fraction of sp³-hybridized carbons (Fsp3) is 0. The molecule has 1 heterocycles. The summed E-state index contributed by atoms with van der Waals surface area (Å²) in [6.45, 7) is 4.02. The molecule has 1 aliphatic heterocycles. The third kappa shape index (κ3) is 5.59. The van der Waals surface area contributed by atoms with Crippen LogP contribution in [-0.2, 0) is 10.0 Å². The first kappa shape index (κ1) is 24.8. The Morgan fingerprint density at radius 3 is 2.43 bits per heavy atom. The van der Waals surface area contributed by atoms with E-state index in [0.717, 1.165) is 26.7 Å². The molecule has 10 heteroatoms. The third-order valence-electron chi connectivity index (χ3n) is 5.51. The molecule has 0 bridgehead atoms. The topological polar surface area (TPSA) is 99.3 Å². The number of sulfonamides is 1. The fourth-order valence-electron chi connectivity index (χ4n) is 3.67. The van der Waals surface area contributed by atoms with E-state index >= 15 is 0 Å². The van der Waals surface area contributed by atoms with E-state index in [1.807, 2.05) is 36.4 Å². The second kappa shape index (κ2) is 10.2. The monoisotopic (exact) mass is 548 g/mol. The van der Waals surface area contributed by atoms with Crippen molar-refractivity contribution in [1.29, 1.82) is 0 Å². The first-order valence-electron chi connectivity index (χ1n) is 11.1. The third-order valence-corrected chi connectivity index (χ3v) is 8.28. The van der Waals surface area contributed by atoms with E-state index < -0.39 is 15.9 Å². The summed E-state index contributed by atoms with van der Waals surface area (Å²) >= 11 is 7.62. The largest absolute Gasteiger partial charge is 0.354 e. The molecule has 0 atom stereocenters. The van der Waals surface area contributed by atoms with Crippen molar-refractivity contribution < 1.29 is 13.2 Å². The summed E-state index contributed by atoms with van der Waals surface area (Å²) in [7, 11) is -3.93. The minimum absolute atomic E-state index is 0.0579. The van der Waals surface area contributed by atoms with Gasteiger partial charge in [0.1, 0.15) is 0 Å². The highest BCUT2D eigenvalue weighted by Crippen LogP contribution is 2.44. The van der Waals surface area contributed by atoms with Crippen molar-refractivity contribution in [3.05, 3.63) is 114 Å². The van der Waals surface area contributed by atoms with Crippen molar-refractivity contribution in [3.63, 3.8) is 0 Å². The van der Waals surface area contributed by atoms with Gasteiger partial charge in [-0.2, -0.15) is 0 Å². The van der Waals surface area contributed by atoms with E-state index in [4.69, 9.17) is 11.6 Å². The van der Waals surface area contributed by atoms with Gasteiger partial charge in [-0.25, -0.2) is 8.42 Å². The maximum Gasteiger partial charge on any atom is 0.269 e. The van der Waals surface area contributed by atoms with Crippen LogP contribution in [0.5, 0.6) is 0 Å². The van der Waals surface area contributed by atoms with Gasteiger partial charge in [-0.3, -0.25) is 20.4 Å². The van der Waals surface area contributed by atoms with Gasteiger partial charge in [0, 0.05) is 25.9 Å². The molecule has 4 aromatic rings. The normalized spacial score (nSPS) is 11.9. The number of benzene rings is 4. The molecular weight excluding hydrogens is 528 g/mol. The number of nitrogens with one attached hydrogen (secondary N) is 4. The fourth-order valence-corrected chi connectivity index (χ4v) is 5.93. The minimum atomic E-state index is -3.93. The summed E-state index contributed by atoms with van der Waals surface area (Å²) < 4.78 is 28.1. The van der Waals surface area contributed by atoms with Crippen LogP contribution in [0.1, 0.15) is 15.9 Å². The zero-order valence-corrected chi connectivity index (χ0v) is 21.7. The lowest BCUT2D eigenvalue weighted by atomic mass is 10.1. The van der Waals surface area contributed by atoms with Crippen molar-refractivity contribution in [1.82, 2.24) is 10.9 Å². The summed E-state index contributed by atoms with van der Waals surface area (Å²) in [5.74, 6) is -0.512. The first-order valence-corrected chi connectivity index (χ1v) is 13.8. The molecule has 1 amide bonds. The highest BCUT2D eigenvalue weighted by atomic mass is 35.5. The lowest BCUT2D eigenvalue weighted by Crippen LogP contribution is -2.36. The zero-order valence-electron chi connectivity index (χ0n) is 19.3. The van der Waals surface area contributed by atoms with Crippen LogP contribution in [0.25, 0.3) is 5.70 Å². The minimum Gasteiger partial charge on any atom is -0.354 e. The quantitative estimate of drug-likeness (QED) is 0.179. The Kier molecular flexibility index (Phi) is 6.84. The van der Waals surface area contributed by atoms with Crippen LogP contribution >= 0.6 is 23.4 Å². The summed E-state index contributed by atoms with van der Waals surface area (Å²) in [5.41, 5.74) is 9.13. The Hall–Kier alpha value is -3.92. The van der Waals surface area contributed by atoms with Crippen LogP contribution in [-0.4, -0.2) is 14.3 Å². The smallest absolute Gasteiger partial charge is 0.269 e. The van der Waals surface area contributed by atoms with Crippen LogP contribution in [0, 0.1) is 0 Å². The molecule has 186 valence electrons. The standard InChI is InChI=1S/C27H21ClN4O3S2/c1-17(18-12-13-26-24(15-18)29-23-10-2-3-11-25(23)36-26)30-31-27(33)19-6-4-9-22(14-19)37(34,35)32-21-8-5-7-20(28)16-21/h2-16,29-30,32H,1H2,(H,31,33). The number of hydrogen-bond donors (Lipinski definition) is 4. The van der Waals surface area contributed by atoms with Gasteiger partial charge >= 0.3 is 0 Å². The molecule has 0 aromatic heterocycles. The SMILES string of the molecule is C=C(NNC(=O)c1cccc(S(=O)(=O)Nc2cccc(Cl)c2)c1)c1ccc2c(c1)Nc1ccccc1S2. The highest BCUT2D eigenvalue weighted by molar-refractivity contribution is 7.99. The van der Waals surface area contributed by atoms with Crippen molar-refractivity contribution in [2.75, 3.05) is 10.0 Å². The molecule has 0 spiro atoms.